The van der Waals surface area contributed by atoms with Crippen LogP contribution in [-0.4, -0.2) is 19.1 Å². The molecule has 0 radical (unpaired) electrons. The van der Waals surface area contributed by atoms with Gasteiger partial charge < -0.3 is 4.74 Å². The maximum atomic E-state index is 13.0. The number of para-hydroxylation sites is 1. The van der Waals surface area contributed by atoms with Crippen molar-refractivity contribution in [2.75, 3.05) is 0 Å². The molecule has 6 nitrogen and oxygen atoms in total. The molecule has 0 aliphatic heterocycles. The van der Waals surface area contributed by atoms with Gasteiger partial charge in [-0.15, -0.1) is 6.58 Å². The number of nitrogens with zero attached hydrogens (tertiary/aromatic N) is 4. The van der Waals surface area contributed by atoms with E-state index in [0.29, 0.717) is 35.9 Å². The van der Waals surface area contributed by atoms with Crippen molar-refractivity contribution in [3.63, 3.8) is 0 Å². The fraction of sp³-hybridized carbons (Fsp3) is 0.0952. The standard InChI is InChI=1S/C21H18N4O2/c1-2-13-24-19-18(25(21(24)26)14-16-9-5-3-6-10-16)20(23-15-22-19)27-17-11-7-4-8-12-17/h2-12,15H,1,13-14H2. The van der Waals surface area contributed by atoms with E-state index < -0.39 is 0 Å². The lowest BCUT2D eigenvalue weighted by molar-refractivity contribution is 0.464. The van der Waals surface area contributed by atoms with Gasteiger partial charge in [-0.3, -0.25) is 9.13 Å². The molecular weight excluding hydrogens is 340 g/mol. The molecule has 0 unspecified atom stereocenters. The largest absolute Gasteiger partial charge is 0.437 e. The van der Waals surface area contributed by atoms with E-state index in [1.165, 1.54) is 6.33 Å². The van der Waals surface area contributed by atoms with Gasteiger partial charge in [0.25, 0.3) is 0 Å². The average molecular weight is 358 g/mol. The van der Waals surface area contributed by atoms with Crippen LogP contribution >= 0.6 is 0 Å². The third-order valence-electron chi connectivity index (χ3n) is 4.21. The van der Waals surface area contributed by atoms with Crippen LogP contribution in [0.1, 0.15) is 5.56 Å². The van der Waals surface area contributed by atoms with Crippen molar-refractivity contribution in [2.45, 2.75) is 13.1 Å². The Bertz CT molecular complexity index is 1130. The number of benzene rings is 2. The van der Waals surface area contributed by atoms with Crippen LogP contribution in [0.5, 0.6) is 11.6 Å². The van der Waals surface area contributed by atoms with Crippen LogP contribution in [0.2, 0.25) is 0 Å². The maximum Gasteiger partial charge on any atom is 0.331 e. The summed E-state index contributed by atoms with van der Waals surface area (Å²) in [4.78, 5) is 21.7. The molecule has 134 valence electrons. The molecule has 6 heteroatoms. The van der Waals surface area contributed by atoms with E-state index in [2.05, 4.69) is 16.5 Å². The molecule has 2 aromatic heterocycles. The van der Waals surface area contributed by atoms with E-state index in [1.54, 1.807) is 15.2 Å². The van der Waals surface area contributed by atoms with Crippen LogP contribution in [0.3, 0.4) is 0 Å². The first-order valence-electron chi connectivity index (χ1n) is 8.59. The lowest BCUT2D eigenvalue weighted by atomic mass is 10.2. The third kappa shape index (κ3) is 3.25. The minimum Gasteiger partial charge on any atom is -0.437 e. The minimum absolute atomic E-state index is 0.174. The van der Waals surface area contributed by atoms with E-state index >= 15 is 0 Å². The highest BCUT2D eigenvalue weighted by Crippen LogP contribution is 2.26. The van der Waals surface area contributed by atoms with Crippen molar-refractivity contribution in [1.82, 2.24) is 19.1 Å². The summed E-state index contributed by atoms with van der Waals surface area (Å²) < 4.78 is 9.19. The monoisotopic (exact) mass is 358 g/mol. The molecule has 0 N–H and O–H groups in total. The summed E-state index contributed by atoms with van der Waals surface area (Å²) in [6, 6.07) is 19.1. The highest BCUT2D eigenvalue weighted by atomic mass is 16.5. The SMILES string of the molecule is C=CCn1c(=O)n(Cc2ccccc2)c2c(Oc3ccccc3)ncnc21. The van der Waals surface area contributed by atoms with Crippen LogP contribution in [0.4, 0.5) is 0 Å². The number of fused-ring (bicyclic) bond motifs is 1. The summed E-state index contributed by atoms with van der Waals surface area (Å²) in [5.41, 5.74) is 1.92. The van der Waals surface area contributed by atoms with Gasteiger partial charge in [-0.25, -0.2) is 9.78 Å². The molecule has 2 heterocycles. The summed E-state index contributed by atoms with van der Waals surface area (Å²) in [5.74, 6) is 0.995. The van der Waals surface area contributed by atoms with Gasteiger partial charge in [0.2, 0.25) is 5.88 Å². The minimum atomic E-state index is -0.174. The molecule has 0 aliphatic rings. The normalized spacial score (nSPS) is 10.8. The Labute approximate surface area is 156 Å². The van der Waals surface area contributed by atoms with Gasteiger partial charge in [-0.05, 0) is 17.7 Å². The van der Waals surface area contributed by atoms with E-state index in [9.17, 15) is 4.79 Å². The Hall–Kier alpha value is -3.67. The first-order chi connectivity index (χ1) is 13.3. The van der Waals surface area contributed by atoms with E-state index in [0.717, 1.165) is 5.56 Å². The molecule has 0 bridgehead atoms. The zero-order chi connectivity index (χ0) is 18.6. The molecule has 0 atom stereocenters. The molecule has 4 aromatic rings. The highest BCUT2D eigenvalue weighted by molar-refractivity contribution is 5.77. The Kier molecular flexibility index (Phi) is 4.53. The van der Waals surface area contributed by atoms with Crippen molar-refractivity contribution in [2.24, 2.45) is 0 Å². The number of allylic oxidation sites excluding steroid dienone is 1. The second kappa shape index (κ2) is 7.29. The Morgan fingerprint density at radius 3 is 2.37 bits per heavy atom. The van der Waals surface area contributed by atoms with Crippen LogP contribution in [0.15, 0.2) is 84.4 Å². The average Bonchev–Trinajstić information content (AvgIpc) is 2.97. The number of imidazole rings is 1. The number of aromatic nitrogens is 4. The van der Waals surface area contributed by atoms with Crippen molar-refractivity contribution >= 4 is 11.2 Å². The van der Waals surface area contributed by atoms with E-state index in [-0.39, 0.29) is 5.69 Å². The molecule has 0 fully saturated rings. The molecule has 0 amide bonds. The van der Waals surface area contributed by atoms with Crippen molar-refractivity contribution in [1.29, 1.82) is 0 Å². The summed E-state index contributed by atoms with van der Waals surface area (Å²) in [6.07, 6.45) is 3.08. The summed E-state index contributed by atoms with van der Waals surface area (Å²) in [7, 11) is 0. The van der Waals surface area contributed by atoms with Gasteiger partial charge in [-0.2, -0.15) is 4.98 Å². The van der Waals surface area contributed by atoms with Crippen LogP contribution < -0.4 is 10.4 Å². The summed E-state index contributed by atoms with van der Waals surface area (Å²) in [5, 5.41) is 0. The van der Waals surface area contributed by atoms with Crippen LogP contribution in [0, 0.1) is 0 Å². The Morgan fingerprint density at radius 1 is 0.963 bits per heavy atom. The zero-order valence-corrected chi connectivity index (χ0v) is 14.7. The van der Waals surface area contributed by atoms with Crippen molar-refractivity contribution in [3.05, 3.63) is 95.7 Å². The molecule has 0 saturated carbocycles. The number of ether oxygens (including phenoxy) is 1. The Balaban J connectivity index is 1.90. The third-order valence-corrected chi connectivity index (χ3v) is 4.21. The lowest BCUT2D eigenvalue weighted by Crippen LogP contribution is -2.24. The number of hydrogen-bond acceptors (Lipinski definition) is 4. The summed E-state index contributed by atoms with van der Waals surface area (Å²) in [6.45, 7) is 4.51. The topological polar surface area (TPSA) is 61.9 Å². The molecular formula is C21H18N4O2. The number of hydrogen-bond donors (Lipinski definition) is 0. The van der Waals surface area contributed by atoms with E-state index in [1.807, 2.05) is 60.7 Å². The fourth-order valence-electron chi connectivity index (χ4n) is 3.00. The lowest BCUT2D eigenvalue weighted by Gasteiger charge is -2.08. The second-order valence-electron chi connectivity index (χ2n) is 6.02. The van der Waals surface area contributed by atoms with Gasteiger partial charge >= 0.3 is 5.69 Å². The number of rotatable bonds is 6. The smallest absolute Gasteiger partial charge is 0.331 e. The quantitative estimate of drug-likeness (QED) is 0.494. The van der Waals surface area contributed by atoms with Gasteiger partial charge in [0.05, 0.1) is 6.54 Å². The summed E-state index contributed by atoms with van der Waals surface area (Å²) >= 11 is 0. The highest BCUT2D eigenvalue weighted by Gasteiger charge is 2.19. The van der Waals surface area contributed by atoms with Crippen LogP contribution in [-0.2, 0) is 13.1 Å². The first kappa shape index (κ1) is 16.8. The van der Waals surface area contributed by atoms with Gasteiger partial charge in [0, 0.05) is 6.54 Å². The predicted molar refractivity (Wildman–Crippen MR) is 104 cm³/mol. The van der Waals surface area contributed by atoms with Gasteiger partial charge in [0.1, 0.15) is 12.1 Å². The fourth-order valence-corrected chi connectivity index (χ4v) is 3.00. The second-order valence-corrected chi connectivity index (χ2v) is 6.02. The van der Waals surface area contributed by atoms with E-state index in [4.69, 9.17) is 4.74 Å². The molecule has 0 aliphatic carbocycles. The predicted octanol–water partition coefficient (Wildman–Crippen LogP) is 3.62. The molecule has 0 spiro atoms. The van der Waals surface area contributed by atoms with Gasteiger partial charge in [0.15, 0.2) is 11.2 Å². The maximum absolute atomic E-state index is 13.0. The van der Waals surface area contributed by atoms with Crippen molar-refractivity contribution in [3.8, 4) is 11.6 Å². The van der Waals surface area contributed by atoms with Gasteiger partial charge in [-0.1, -0.05) is 54.6 Å². The first-order valence-corrected chi connectivity index (χ1v) is 8.59. The molecule has 0 saturated heterocycles. The van der Waals surface area contributed by atoms with Crippen molar-refractivity contribution < 1.29 is 4.74 Å². The van der Waals surface area contributed by atoms with Crippen LogP contribution in [0.25, 0.3) is 11.2 Å². The zero-order valence-electron chi connectivity index (χ0n) is 14.7. The molecule has 27 heavy (non-hydrogen) atoms. The molecule has 4 rings (SSSR count). The molecule has 2 aromatic carbocycles. The Morgan fingerprint density at radius 2 is 1.67 bits per heavy atom.